The third kappa shape index (κ3) is 3.67. The molecule has 6 nitrogen and oxygen atoms in total. The van der Waals surface area contributed by atoms with Gasteiger partial charge in [-0.25, -0.2) is 8.42 Å². The van der Waals surface area contributed by atoms with Crippen LogP contribution in [0, 0.1) is 5.92 Å². The molecule has 0 atom stereocenters. The van der Waals surface area contributed by atoms with Crippen LogP contribution in [0.5, 0.6) is 0 Å². The summed E-state index contributed by atoms with van der Waals surface area (Å²) < 4.78 is 31.8. The van der Waals surface area contributed by atoms with Gasteiger partial charge in [0.15, 0.2) is 5.76 Å². The Labute approximate surface area is 143 Å². The van der Waals surface area contributed by atoms with Gasteiger partial charge in [0.2, 0.25) is 5.09 Å². The summed E-state index contributed by atoms with van der Waals surface area (Å²) in [5.41, 5.74) is 0. The fourth-order valence-corrected chi connectivity index (χ4v) is 5.09. The van der Waals surface area contributed by atoms with Crippen molar-refractivity contribution in [3.63, 3.8) is 0 Å². The Morgan fingerprint density at radius 1 is 1.17 bits per heavy atom. The fraction of sp³-hybridized carbons (Fsp3) is 0.706. The van der Waals surface area contributed by atoms with Crippen molar-refractivity contribution in [1.82, 2.24) is 9.21 Å². The first-order valence-electron chi connectivity index (χ1n) is 8.84. The predicted octanol–water partition coefficient (Wildman–Crippen LogP) is 2.72. The topological polar surface area (TPSA) is 70.8 Å². The summed E-state index contributed by atoms with van der Waals surface area (Å²) in [7, 11) is -1.85. The Bertz CT molecular complexity index is 671. The third-order valence-corrected chi connectivity index (χ3v) is 6.83. The van der Waals surface area contributed by atoms with E-state index in [1.165, 1.54) is 35.7 Å². The number of sulfonamides is 1. The Balaban J connectivity index is 1.66. The Kier molecular flexibility index (Phi) is 5.30. The van der Waals surface area contributed by atoms with Crippen LogP contribution in [0.3, 0.4) is 0 Å². The summed E-state index contributed by atoms with van der Waals surface area (Å²) in [6.45, 7) is 1.75. The lowest BCUT2D eigenvalue weighted by atomic mass is 9.89. The van der Waals surface area contributed by atoms with E-state index in [0.29, 0.717) is 25.6 Å². The van der Waals surface area contributed by atoms with Gasteiger partial charge in [-0.15, -0.1) is 0 Å². The van der Waals surface area contributed by atoms with E-state index in [2.05, 4.69) is 0 Å². The van der Waals surface area contributed by atoms with Gasteiger partial charge >= 0.3 is 0 Å². The van der Waals surface area contributed by atoms with E-state index in [0.717, 1.165) is 25.7 Å². The highest BCUT2D eigenvalue weighted by Gasteiger charge is 2.31. The number of furan rings is 1. The molecule has 2 aliphatic rings. The number of amides is 1. The van der Waals surface area contributed by atoms with Crippen LogP contribution in [0.15, 0.2) is 21.6 Å². The summed E-state index contributed by atoms with van der Waals surface area (Å²) in [6, 6.07) is 2.87. The van der Waals surface area contributed by atoms with Crippen molar-refractivity contribution in [2.24, 2.45) is 5.92 Å². The molecule has 0 unspecified atom stereocenters. The van der Waals surface area contributed by atoms with E-state index >= 15 is 0 Å². The molecule has 1 aliphatic carbocycles. The molecular formula is C17H26N2O4S. The van der Waals surface area contributed by atoms with Crippen molar-refractivity contribution in [2.75, 3.05) is 26.7 Å². The average Bonchev–Trinajstić information content (AvgIpc) is 3.27. The van der Waals surface area contributed by atoms with E-state index in [9.17, 15) is 13.2 Å². The predicted molar refractivity (Wildman–Crippen MR) is 90.2 cm³/mol. The molecule has 1 aromatic heterocycles. The molecule has 3 rings (SSSR count). The molecular weight excluding hydrogens is 328 g/mol. The van der Waals surface area contributed by atoms with Crippen molar-refractivity contribution in [2.45, 2.75) is 50.0 Å². The van der Waals surface area contributed by atoms with Crippen molar-refractivity contribution in [1.29, 1.82) is 0 Å². The zero-order chi connectivity index (χ0) is 17.2. The van der Waals surface area contributed by atoms with Crippen molar-refractivity contribution >= 4 is 15.9 Å². The van der Waals surface area contributed by atoms with E-state index in [1.807, 2.05) is 0 Å². The number of carbonyl (C=O) groups excluding carboxylic acids is 1. The Hall–Kier alpha value is -1.34. The standard InChI is InChI=1S/C17H26N2O4S/c1-18(13-14-7-3-2-4-8-14)17(20)15-9-10-16(23-15)24(21,22)19-11-5-6-12-19/h9-10,14H,2-8,11-13H2,1H3. The van der Waals surface area contributed by atoms with Crippen molar-refractivity contribution in [3.05, 3.63) is 17.9 Å². The minimum absolute atomic E-state index is 0.103. The molecule has 1 amide bonds. The lowest BCUT2D eigenvalue weighted by Crippen LogP contribution is -2.32. The van der Waals surface area contributed by atoms with Crippen LogP contribution in [-0.4, -0.2) is 50.2 Å². The fourth-order valence-electron chi connectivity index (χ4n) is 3.66. The molecule has 1 saturated carbocycles. The maximum absolute atomic E-state index is 12.5. The highest BCUT2D eigenvalue weighted by Crippen LogP contribution is 2.26. The second-order valence-corrected chi connectivity index (χ2v) is 8.79. The van der Waals surface area contributed by atoms with Crippen LogP contribution in [-0.2, 0) is 10.0 Å². The molecule has 1 aliphatic heterocycles. The van der Waals surface area contributed by atoms with Crippen LogP contribution in [0.4, 0.5) is 0 Å². The number of carbonyl (C=O) groups is 1. The van der Waals surface area contributed by atoms with Crippen LogP contribution >= 0.6 is 0 Å². The highest BCUT2D eigenvalue weighted by molar-refractivity contribution is 7.89. The highest BCUT2D eigenvalue weighted by atomic mass is 32.2. The van der Waals surface area contributed by atoms with E-state index in [4.69, 9.17) is 4.42 Å². The summed E-state index contributed by atoms with van der Waals surface area (Å²) in [5, 5.41) is -0.126. The Morgan fingerprint density at radius 2 is 1.83 bits per heavy atom. The zero-order valence-corrected chi connectivity index (χ0v) is 15.1. The lowest BCUT2D eigenvalue weighted by molar-refractivity contribution is 0.0723. The minimum Gasteiger partial charge on any atom is -0.438 e. The smallest absolute Gasteiger partial charge is 0.289 e. The molecule has 0 bridgehead atoms. The minimum atomic E-state index is -3.61. The van der Waals surface area contributed by atoms with Crippen LogP contribution < -0.4 is 0 Å². The molecule has 0 spiro atoms. The van der Waals surface area contributed by atoms with Crippen molar-refractivity contribution < 1.29 is 17.6 Å². The van der Waals surface area contributed by atoms with Crippen LogP contribution in [0.2, 0.25) is 0 Å². The van der Waals surface area contributed by atoms with Gasteiger partial charge in [-0.3, -0.25) is 4.79 Å². The quantitative estimate of drug-likeness (QED) is 0.815. The van der Waals surface area contributed by atoms with Gasteiger partial charge in [0.25, 0.3) is 15.9 Å². The van der Waals surface area contributed by atoms with E-state index in [-0.39, 0.29) is 16.8 Å². The summed E-state index contributed by atoms with van der Waals surface area (Å²) in [5.74, 6) is 0.394. The maximum atomic E-state index is 12.5. The molecule has 0 radical (unpaired) electrons. The zero-order valence-electron chi connectivity index (χ0n) is 14.2. The first-order chi connectivity index (χ1) is 11.5. The number of hydrogen-bond acceptors (Lipinski definition) is 4. The van der Waals surface area contributed by atoms with Gasteiger partial charge in [-0.2, -0.15) is 4.31 Å². The first-order valence-corrected chi connectivity index (χ1v) is 10.3. The second-order valence-electron chi connectivity index (χ2n) is 6.92. The molecule has 0 N–H and O–H groups in total. The van der Waals surface area contributed by atoms with Gasteiger partial charge in [-0.05, 0) is 43.7 Å². The summed E-state index contributed by atoms with van der Waals surface area (Å²) in [6.07, 6.45) is 7.79. The normalized spacial score (nSPS) is 20.4. The van der Waals surface area contributed by atoms with E-state index < -0.39 is 10.0 Å². The third-order valence-electron chi connectivity index (χ3n) is 5.05. The van der Waals surface area contributed by atoms with Gasteiger partial charge in [0, 0.05) is 26.7 Å². The molecule has 0 aromatic carbocycles. The van der Waals surface area contributed by atoms with Crippen LogP contribution in [0.1, 0.15) is 55.5 Å². The van der Waals surface area contributed by atoms with Crippen molar-refractivity contribution in [3.8, 4) is 0 Å². The first kappa shape index (κ1) is 17.5. The van der Waals surface area contributed by atoms with Crippen LogP contribution in [0.25, 0.3) is 0 Å². The van der Waals surface area contributed by atoms with Gasteiger partial charge in [-0.1, -0.05) is 19.3 Å². The maximum Gasteiger partial charge on any atom is 0.289 e. The number of hydrogen-bond donors (Lipinski definition) is 0. The SMILES string of the molecule is CN(CC1CCCCC1)C(=O)c1ccc(S(=O)(=O)N2CCCC2)o1. The lowest BCUT2D eigenvalue weighted by Gasteiger charge is -2.26. The molecule has 7 heteroatoms. The molecule has 1 saturated heterocycles. The Morgan fingerprint density at radius 3 is 2.50 bits per heavy atom. The average molecular weight is 354 g/mol. The largest absolute Gasteiger partial charge is 0.438 e. The second kappa shape index (κ2) is 7.27. The molecule has 134 valence electrons. The summed E-state index contributed by atoms with van der Waals surface area (Å²) in [4.78, 5) is 14.2. The molecule has 24 heavy (non-hydrogen) atoms. The molecule has 2 heterocycles. The summed E-state index contributed by atoms with van der Waals surface area (Å²) >= 11 is 0. The monoisotopic (exact) mass is 354 g/mol. The number of nitrogens with zero attached hydrogens (tertiary/aromatic N) is 2. The van der Waals surface area contributed by atoms with Gasteiger partial charge < -0.3 is 9.32 Å². The van der Waals surface area contributed by atoms with E-state index in [1.54, 1.807) is 11.9 Å². The molecule has 1 aromatic rings. The van der Waals surface area contributed by atoms with Gasteiger partial charge in [0.1, 0.15) is 0 Å². The number of rotatable bonds is 5. The molecule has 2 fully saturated rings. The van der Waals surface area contributed by atoms with Gasteiger partial charge in [0.05, 0.1) is 0 Å².